The SMILES string of the molecule is Cc1nc(N2CCC3(CC2)OC2CC[C@@H](c4ccccc4)N2C3=O)sc1C. The molecule has 1 unspecified atom stereocenters. The lowest BCUT2D eigenvalue weighted by Gasteiger charge is -2.37. The number of carbonyl (C=O) groups excluding carboxylic acids is 1. The summed E-state index contributed by atoms with van der Waals surface area (Å²) < 4.78 is 6.42. The Bertz CT molecular complexity index is 838. The van der Waals surface area contributed by atoms with Crippen molar-refractivity contribution in [2.24, 2.45) is 0 Å². The number of benzene rings is 1. The van der Waals surface area contributed by atoms with Crippen LogP contribution in [0.1, 0.15) is 47.9 Å². The predicted molar refractivity (Wildman–Crippen MR) is 106 cm³/mol. The summed E-state index contributed by atoms with van der Waals surface area (Å²) in [6, 6.07) is 10.5. The summed E-state index contributed by atoms with van der Waals surface area (Å²) in [5.41, 5.74) is 1.70. The van der Waals surface area contributed by atoms with Crippen LogP contribution in [0.3, 0.4) is 0 Å². The van der Waals surface area contributed by atoms with Crippen LogP contribution in [0.2, 0.25) is 0 Å². The highest BCUT2D eigenvalue weighted by Crippen LogP contribution is 2.48. The van der Waals surface area contributed by atoms with Crippen molar-refractivity contribution in [2.75, 3.05) is 18.0 Å². The highest BCUT2D eigenvalue weighted by atomic mass is 32.1. The van der Waals surface area contributed by atoms with E-state index in [1.54, 1.807) is 11.3 Å². The Balaban J connectivity index is 1.33. The number of aryl methyl sites for hydroxylation is 2. The van der Waals surface area contributed by atoms with E-state index >= 15 is 0 Å². The van der Waals surface area contributed by atoms with Gasteiger partial charge in [-0.05, 0) is 32.3 Å². The zero-order valence-electron chi connectivity index (χ0n) is 15.9. The quantitative estimate of drug-likeness (QED) is 0.791. The Morgan fingerprint density at radius 1 is 1.15 bits per heavy atom. The van der Waals surface area contributed by atoms with E-state index in [9.17, 15) is 4.79 Å². The molecule has 2 atom stereocenters. The van der Waals surface area contributed by atoms with E-state index in [0.717, 1.165) is 49.6 Å². The van der Waals surface area contributed by atoms with Gasteiger partial charge in [-0.2, -0.15) is 0 Å². The number of hydrogen-bond donors (Lipinski definition) is 0. The maximum absolute atomic E-state index is 13.4. The Hall–Kier alpha value is -1.92. The van der Waals surface area contributed by atoms with Crippen LogP contribution in [-0.4, -0.2) is 40.7 Å². The molecule has 3 fully saturated rings. The summed E-state index contributed by atoms with van der Waals surface area (Å²) >= 11 is 1.75. The first kappa shape index (κ1) is 17.2. The normalized spacial score (nSPS) is 26.8. The van der Waals surface area contributed by atoms with E-state index in [1.165, 1.54) is 10.4 Å². The maximum Gasteiger partial charge on any atom is 0.257 e. The van der Waals surface area contributed by atoms with Gasteiger partial charge < -0.3 is 14.5 Å². The molecule has 3 saturated heterocycles. The first-order valence-electron chi connectivity index (χ1n) is 9.82. The van der Waals surface area contributed by atoms with Crippen LogP contribution in [0.25, 0.3) is 0 Å². The van der Waals surface area contributed by atoms with Crippen molar-refractivity contribution in [3.05, 3.63) is 46.5 Å². The van der Waals surface area contributed by atoms with Crippen LogP contribution in [0.15, 0.2) is 30.3 Å². The molecule has 1 spiro atoms. The van der Waals surface area contributed by atoms with Crippen molar-refractivity contribution in [3.8, 4) is 0 Å². The van der Waals surface area contributed by atoms with Crippen molar-refractivity contribution in [1.29, 1.82) is 0 Å². The number of amides is 1. The molecule has 1 amide bonds. The van der Waals surface area contributed by atoms with Crippen LogP contribution in [0, 0.1) is 13.8 Å². The summed E-state index contributed by atoms with van der Waals surface area (Å²) in [6.45, 7) is 5.83. The number of nitrogens with zero attached hydrogens (tertiary/aromatic N) is 3. The lowest BCUT2D eigenvalue weighted by Crippen LogP contribution is -2.50. The average Bonchev–Trinajstić information content (AvgIpc) is 3.32. The summed E-state index contributed by atoms with van der Waals surface area (Å²) in [6.07, 6.45) is 3.36. The third kappa shape index (κ3) is 2.69. The smallest absolute Gasteiger partial charge is 0.257 e. The second-order valence-corrected chi connectivity index (χ2v) is 9.09. The molecule has 3 aliphatic rings. The molecule has 27 heavy (non-hydrogen) atoms. The van der Waals surface area contributed by atoms with Gasteiger partial charge in [0.25, 0.3) is 5.91 Å². The number of anilines is 1. The van der Waals surface area contributed by atoms with Gasteiger partial charge in [-0.3, -0.25) is 4.79 Å². The molecule has 0 bridgehead atoms. The Morgan fingerprint density at radius 2 is 1.89 bits per heavy atom. The molecule has 3 aliphatic heterocycles. The molecule has 5 nitrogen and oxygen atoms in total. The Labute approximate surface area is 164 Å². The van der Waals surface area contributed by atoms with E-state index in [2.05, 4.69) is 48.0 Å². The number of aromatic nitrogens is 1. The highest BCUT2D eigenvalue weighted by Gasteiger charge is 2.58. The van der Waals surface area contributed by atoms with Crippen LogP contribution in [-0.2, 0) is 9.53 Å². The van der Waals surface area contributed by atoms with Crippen LogP contribution >= 0.6 is 11.3 Å². The summed E-state index contributed by atoms with van der Waals surface area (Å²) in [4.78, 5) is 23.7. The van der Waals surface area contributed by atoms with Crippen molar-refractivity contribution in [3.63, 3.8) is 0 Å². The van der Waals surface area contributed by atoms with E-state index in [4.69, 9.17) is 4.74 Å². The van der Waals surface area contributed by atoms with Crippen LogP contribution < -0.4 is 4.90 Å². The van der Waals surface area contributed by atoms with E-state index in [0.29, 0.717) is 0 Å². The first-order valence-corrected chi connectivity index (χ1v) is 10.6. The Kier molecular flexibility index (Phi) is 4.02. The number of ether oxygens (including phenoxy) is 1. The van der Waals surface area contributed by atoms with E-state index in [-0.39, 0.29) is 18.2 Å². The molecule has 5 rings (SSSR count). The van der Waals surface area contributed by atoms with Crippen molar-refractivity contribution >= 4 is 22.4 Å². The summed E-state index contributed by atoms with van der Waals surface area (Å²) in [5, 5.41) is 1.08. The number of piperidine rings is 1. The lowest BCUT2D eigenvalue weighted by atomic mass is 9.90. The molecule has 4 heterocycles. The van der Waals surface area contributed by atoms with E-state index in [1.807, 2.05) is 11.0 Å². The van der Waals surface area contributed by atoms with Crippen LogP contribution in [0.5, 0.6) is 0 Å². The topological polar surface area (TPSA) is 45.7 Å². The molecule has 0 radical (unpaired) electrons. The zero-order chi connectivity index (χ0) is 18.6. The summed E-state index contributed by atoms with van der Waals surface area (Å²) in [5.74, 6) is 0.199. The fourth-order valence-electron chi connectivity index (χ4n) is 4.70. The van der Waals surface area contributed by atoms with Gasteiger partial charge in [0.05, 0.1) is 11.7 Å². The minimum absolute atomic E-state index is 0.0568. The minimum atomic E-state index is -0.629. The van der Waals surface area contributed by atoms with Gasteiger partial charge in [-0.1, -0.05) is 30.3 Å². The van der Waals surface area contributed by atoms with Gasteiger partial charge in [0, 0.05) is 30.8 Å². The molecule has 0 saturated carbocycles. The summed E-state index contributed by atoms with van der Waals surface area (Å²) in [7, 11) is 0. The minimum Gasteiger partial charge on any atom is -0.348 e. The van der Waals surface area contributed by atoms with Gasteiger partial charge in [0.2, 0.25) is 0 Å². The fourth-order valence-corrected chi connectivity index (χ4v) is 5.66. The fraction of sp³-hybridized carbons (Fsp3) is 0.524. The molecular weight excluding hydrogens is 358 g/mol. The van der Waals surface area contributed by atoms with Gasteiger partial charge in [-0.15, -0.1) is 11.3 Å². The van der Waals surface area contributed by atoms with Gasteiger partial charge in [0.1, 0.15) is 6.23 Å². The number of fused-ring (bicyclic) bond motifs is 1. The second kappa shape index (κ2) is 6.31. The van der Waals surface area contributed by atoms with Gasteiger partial charge >= 0.3 is 0 Å². The number of carbonyl (C=O) groups is 1. The third-order valence-corrected chi connectivity index (χ3v) is 7.50. The third-order valence-electron chi connectivity index (χ3n) is 6.36. The molecule has 2 aromatic rings. The van der Waals surface area contributed by atoms with Crippen molar-refractivity contribution < 1.29 is 9.53 Å². The van der Waals surface area contributed by atoms with E-state index < -0.39 is 5.60 Å². The zero-order valence-corrected chi connectivity index (χ0v) is 16.7. The first-order chi connectivity index (χ1) is 13.1. The molecular formula is C21H25N3O2S. The van der Waals surface area contributed by atoms with Crippen molar-refractivity contribution in [2.45, 2.75) is 57.4 Å². The second-order valence-electron chi connectivity index (χ2n) is 7.91. The van der Waals surface area contributed by atoms with Gasteiger partial charge in [-0.25, -0.2) is 4.98 Å². The standard InChI is InChI=1S/C21H25N3O2S/c1-14-15(2)27-20(22-14)23-12-10-21(11-13-23)19(25)24-17(8-9-18(24)26-21)16-6-4-3-5-7-16/h3-7,17-18H,8-13H2,1-2H3/t17-,18?/m0/s1. The number of thiazole rings is 1. The van der Waals surface area contributed by atoms with Crippen molar-refractivity contribution in [1.82, 2.24) is 9.88 Å². The molecule has 0 N–H and O–H groups in total. The molecule has 1 aromatic carbocycles. The molecule has 1 aromatic heterocycles. The lowest BCUT2D eigenvalue weighted by molar-refractivity contribution is -0.140. The average molecular weight is 384 g/mol. The molecule has 6 heteroatoms. The largest absolute Gasteiger partial charge is 0.348 e. The van der Waals surface area contributed by atoms with Gasteiger partial charge in [0.15, 0.2) is 10.7 Å². The molecule has 142 valence electrons. The highest BCUT2D eigenvalue weighted by molar-refractivity contribution is 7.15. The number of rotatable bonds is 2. The predicted octanol–water partition coefficient (Wildman–Crippen LogP) is 3.82. The van der Waals surface area contributed by atoms with Crippen LogP contribution in [0.4, 0.5) is 5.13 Å². The Morgan fingerprint density at radius 3 is 2.56 bits per heavy atom. The maximum atomic E-state index is 13.4. The monoisotopic (exact) mass is 383 g/mol. The molecule has 0 aliphatic carbocycles. The number of hydrogen-bond acceptors (Lipinski definition) is 5.